The molecule has 1 aromatic rings. The Balaban J connectivity index is 2.59. The van der Waals surface area contributed by atoms with E-state index in [0.717, 1.165) is 47.7 Å². The summed E-state index contributed by atoms with van der Waals surface area (Å²) in [6, 6.07) is 0.00855. The lowest BCUT2D eigenvalue weighted by molar-refractivity contribution is 0.306. The van der Waals surface area contributed by atoms with Gasteiger partial charge in [-0.3, -0.25) is 0 Å². The fourth-order valence-electron chi connectivity index (χ4n) is 0.974. The maximum atomic E-state index is 12.5. The van der Waals surface area contributed by atoms with E-state index in [1.54, 1.807) is 13.8 Å². The van der Waals surface area contributed by atoms with Crippen LogP contribution in [0.3, 0.4) is 0 Å². The van der Waals surface area contributed by atoms with Crippen LogP contribution in [0.4, 0.5) is 0 Å². The van der Waals surface area contributed by atoms with Gasteiger partial charge in [-0.1, -0.05) is 13.3 Å². The zero-order chi connectivity index (χ0) is 15.6. The summed E-state index contributed by atoms with van der Waals surface area (Å²) in [5.74, 6) is -3.28. The van der Waals surface area contributed by atoms with Crippen LogP contribution in [-0.4, -0.2) is 29.2 Å². The smallest absolute Gasteiger partial charge is 0.414 e. The third kappa shape index (κ3) is 7.71. The zero-order valence-corrected chi connectivity index (χ0v) is 15.5. The summed E-state index contributed by atoms with van der Waals surface area (Å²) >= 11 is 2.55. The van der Waals surface area contributed by atoms with E-state index in [-0.39, 0.29) is 6.01 Å². The monoisotopic (exact) mass is 374 g/mol. The maximum absolute atomic E-state index is 12.5. The molecule has 0 saturated heterocycles. The molecule has 0 saturated carbocycles. The molecule has 0 fully saturated rings. The van der Waals surface area contributed by atoms with E-state index in [2.05, 4.69) is 16.3 Å². The number of hydrogen-bond acceptors (Lipinski definition) is 10. The molecule has 0 aromatic carbocycles. The van der Waals surface area contributed by atoms with Gasteiger partial charge in [-0.2, -0.15) is 0 Å². The van der Waals surface area contributed by atoms with E-state index in [4.69, 9.17) is 17.6 Å². The Hall–Kier alpha value is 0.01000. The van der Waals surface area contributed by atoms with Crippen LogP contribution in [0.25, 0.3) is 0 Å². The van der Waals surface area contributed by atoms with Gasteiger partial charge in [0.2, 0.25) is 0 Å². The molecular weight excluding hydrogens is 355 g/mol. The summed E-state index contributed by atoms with van der Waals surface area (Å²) in [5.41, 5.74) is 0. The predicted molar refractivity (Wildman–Crippen MR) is 87.0 cm³/mol. The van der Waals surface area contributed by atoms with Crippen LogP contribution in [0.15, 0.2) is 0 Å². The number of aromatic nitrogens is 2. The van der Waals surface area contributed by atoms with Gasteiger partial charge in [0.05, 0.1) is 19.8 Å². The fourth-order valence-corrected chi connectivity index (χ4v) is 5.42. The second-order valence-electron chi connectivity index (χ2n) is 3.55. The lowest BCUT2D eigenvalue weighted by Gasteiger charge is -2.13. The van der Waals surface area contributed by atoms with Crippen LogP contribution in [0.2, 0.25) is 0 Å². The van der Waals surface area contributed by atoms with Crippen molar-refractivity contribution in [1.29, 1.82) is 0 Å². The molecule has 0 unspecified atom stereocenters. The first-order valence-corrected chi connectivity index (χ1v) is 11.6. The van der Waals surface area contributed by atoms with Crippen molar-refractivity contribution in [3.63, 3.8) is 0 Å². The minimum atomic E-state index is -3.28. The second kappa shape index (κ2) is 10.7. The Kier molecular flexibility index (Phi) is 9.70. The highest BCUT2D eigenvalue weighted by Gasteiger charge is 2.32. The average molecular weight is 374 g/mol. The van der Waals surface area contributed by atoms with E-state index in [1.807, 2.05) is 0 Å². The van der Waals surface area contributed by atoms with Crippen LogP contribution in [0, 0.1) is 0 Å². The Morgan fingerprint density at radius 1 is 1.19 bits per heavy atom. The maximum Gasteiger partial charge on any atom is 0.414 e. The normalized spacial score (nSPS) is 11.6. The molecule has 0 N–H and O–H groups in total. The summed E-state index contributed by atoms with van der Waals surface area (Å²) in [4.78, 5) is 4.04. The number of hydrogen-bond donors (Lipinski definition) is 0. The topological polar surface area (TPSA) is 79.8 Å². The van der Waals surface area contributed by atoms with Gasteiger partial charge in [0.15, 0.2) is 0 Å². The number of rotatable bonds is 12. The third-order valence-electron chi connectivity index (χ3n) is 1.83. The van der Waals surface area contributed by atoms with Gasteiger partial charge in [-0.25, -0.2) is 4.57 Å². The Morgan fingerprint density at radius 2 is 1.86 bits per heavy atom. The zero-order valence-electron chi connectivity index (χ0n) is 12.1. The van der Waals surface area contributed by atoms with Gasteiger partial charge in [-0.15, -0.1) is 9.36 Å². The quantitative estimate of drug-likeness (QED) is 0.297. The van der Waals surface area contributed by atoms with E-state index in [9.17, 15) is 4.57 Å². The highest BCUT2D eigenvalue weighted by molar-refractivity contribution is 8.87. The first kappa shape index (κ1) is 19.1. The molecule has 0 spiro atoms. The van der Waals surface area contributed by atoms with Gasteiger partial charge in [0.1, 0.15) is 23.3 Å². The first-order valence-electron chi connectivity index (χ1n) is 6.52. The summed E-state index contributed by atoms with van der Waals surface area (Å²) in [6.07, 6.45) is 1.97. The SMILES string of the molecule is CCCCOc1nc(OP(=O)(SOCC)SOCC)ns1. The molecule has 11 heteroatoms. The number of nitrogens with zero attached hydrogens (tertiary/aromatic N) is 2. The van der Waals surface area contributed by atoms with E-state index >= 15 is 0 Å². The largest absolute Gasteiger partial charge is 0.469 e. The van der Waals surface area contributed by atoms with Gasteiger partial charge in [0.25, 0.3) is 5.19 Å². The summed E-state index contributed by atoms with van der Waals surface area (Å²) in [7, 11) is 0. The minimum Gasteiger partial charge on any atom is -0.469 e. The standard InChI is InChI=1S/C10H19N2O5PS3/c1-4-7-8-14-10-11-9(12-19-10)17-18(13,20-15-5-2)21-16-6-3/h4-8H2,1-3H3. The molecule has 0 aliphatic heterocycles. The lowest BCUT2D eigenvalue weighted by atomic mass is 10.4. The van der Waals surface area contributed by atoms with E-state index in [1.165, 1.54) is 0 Å². The molecule has 21 heavy (non-hydrogen) atoms. The molecule has 1 rings (SSSR count). The van der Waals surface area contributed by atoms with Crippen molar-refractivity contribution in [2.24, 2.45) is 0 Å². The molecule has 0 radical (unpaired) electrons. The number of unbranched alkanes of at least 4 members (excludes halogenated alkanes) is 1. The molecule has 0 bridgehead atoms. The van der Waals surface area contributed by atoms with Crippen LogP contribution < -0.4 is 9.26 Å². The van der Waals surface area contributed by atoms with Crippen LogP contribution in [-0.2, 0) is 12.9 Å². The van der Waals surface area contributed by atoms with Gasteiger partial charge in [0, 0.05) is 11.5 Å². The van der Waals surface area contributed by atoms with Crippen molar-refractivity contribution in [3.8, 4) is 11.2 Å². The Bertz CT molecular complexity index is 436. The van der Waals surface area contributed by atoms with Crippen molar-refractivity contribution in [3.05, 3.63) is 0 Å². The Morgan fingerprint density at radius 3 is 2.43 bits per heavy atom. The van der Waals surface area contributed by atoms with Crippen molar-refractivity contribution in [2.75, 3.05) is 19.8 Å². The summed E-state index contributed by atoms with van der Waals surface area (Å²) in [6.45, 7) is 7.04. The van der Waals surface area contributed by atoms with Gasteiger partial charge in [-0.05, 0) is 20.3 Å². The minimum absolute atomic E-state index is 0.00855. The summed E-state index contributed by atoms with van der Waals surface area (Å²) < 4.78 is 37.4. The molecule has 0 atom stereocenters. The van der Waals surface area contributed by atoms with E-state index < -0.39 is 5.77 Å². The van der Waals surface area contributed by atoms with Crippen molar-refractivity contribution in [2.45, 2.75) is 33.6 Å². The van der Waals surface area contributed by atoms with Crippen LogP contribution >= 0.6 is 40.6 Å². The molecule has 0 aliphatic rings. The highest BCUT2D eigenvalue weighted by atomic mass is 33.1. The highest BCUT2D eigenvalue weighted by Crippen LogP contribution is 2.69. The van der Waals surface area contributed by atoms with Crippen LogP contribution in [0.5, 0.6) is 11.2 Å². The first-order chi connectivity index (χ1) is 10.1. The summed E-state index contributed by atoms with van der Waals surface area (Å²) in [5, 5.41) is 0.396. The predicted octanol–water partition coefficient (Wildman–Crippen LogP) is 4.57. The molecule has 0 amide bonds. The van der Waals surface area contributed by atoms with Crippen molar-refractivity contribution < 1.29 is 22.2 Å². The molecular formula is C10H19N2O5PS3. The van der Waals surface area contributed by atoms with E-state index in [0.29, 0.717) is 25.0 Å². The fraction of sp³-hybridized carbons (Fsp3) is 0.800. The second-order valence-corrected chi connectivity index (χ2v) is 10.6. The molecule has 7 nitrogen and oxygen atoms in total. The van der Waals surface area contributed by atoms with Gasteiger partial charge >= 0.3 is 11.8 Å². The third-order valence-corrected chi connectivity index (χ3v) is 7.15. The molecule has 0 aliphatic carbocycles. The van der Waals surface area contributed by atoms with Gasteiger partial charge < -0.3 is 17.6 Å². The molecule has 1 heterocycles. The molecule has 1 aromatic heterocycles. The lowest BCUT2D eigenvalue weighted by Crippen LogP contribution is -1.96. The van der Waals surface area contributed by atoms with Crippen molar-refractivity contribution in [1.82, 2.24) is 9.36 Å². The average Bonchev–Trinajstić information content (AvgIpc) is 2.91. The van der Waals surface area contributed by atoms with Crippen LogP contribution in [0.1, 0.15) is 33.6 Å². The molecule has 122 valence electrons. The van der Waals surface area contributed by atoms with Crippen molar-refractivity contribution >= 4 is 40.6 Å². The number of ether oxygens (including phenoxy) is 1. The Labute approximate surface area is 137 Å².